The van der Waals surface area contributed by atoms with Crippen molar-refractivity contribution in [2.24, 2.45) is 0 Å². The fourth-order valence-electron chi connectivity index (χ4n) is 3.10. The van der Waals surface area contributed by atoms with Crippen LogP contribution < -0.4 is 4.74 Å². The quantitative estimate of drug-likeness (QED) is 0.846. The predicted octanol–water partition coefficient (Wildman–Crippen LogP) is 0.706. The molecule has 0 saturated carbocycles. The van der Waals surface area contributed by atoms with E-state index in [-0.39, 0.29) is 25.2 Å². The number of carboxylic acids is 1. The molecule has 1 saturated heterocycles. The highest BCUT2D eigenvalue weighted by molar-refractivity contribution is 5.99. The first-order chi connectivity index (χ1) is 12.0. The summed E-state index contributed by atoms with van der Waals surface area (Å²) in [5.74, 6) is -0.146. The van der Waals surface area contributed by atoms with E-state index >= 15 is 0 Å². The first-order valence-corrected chi connectivity index (χ1v) is 8.26. The largest absolute Gasteiger partial charge is 0.488 e. The van der Waals surface area contributed by atoms with Crippen LogP contribution in [-0.4, -0.2) is 79.3 Å². The molecule has 1 unspecified atom stereocenters. The van der Waals surface area contributed by atoms with Gasteiger partial charge >= 0.3 is 5.97 Å². The van der Waals surface area contributed by atoms with Crippen LogP contribution in [0, 0.1) is 0 Å². The molecule has 2 aliphatic rings. The van der Waals surface area contributed by atoms with Crippen LogP contribution in [0.4, 0.5) is 0 Å². The van der Waals surface area contributed by atoms with Crippen molar-refractivity contribution in [1.82, 2.24) is 9.80 Å². The molecule has 7 nitrogen and oxygen atoms in total. The van der Waals surface area contributed by atoms with Gasteiger partial charge in [-0.1, -0.05) is 18.2 Å². The van der Waals surface area contributed by atoms with E-state index in [2.05, 4.69) is 0 Å². The zero-order chi connectivity index (χ0) is 17.8. The number of carboxylic acid groups (broad SMARTS) is 1. The molecule has 1 amide bonds. The Kier molecular flexibility index (Phi) is 5.35. The van der Waals surface area contributed by atoms with Crippen molar-refractivity contribution in [2.45, 2.75) is 6.10 Å². The fraction of sp³-hybridized carbons (Fsp3) is 0.444. The van der Waals surface area contributed by atoms with Crippen molar-refractivity contribution in [1.29, 1.82) is 0 Å². The number of amides is 1. The molecule has 0 aromatic heterocycles. The van der Waals surface area contributed by atoms with Crippen LogP contribution in [0.25, 0.3) is 6.08 Å². The molecular formula is C18H22N2O5. The van der Waals surface area contributed by atoms with Gasteiger partial charge in [-0.3, -0.25) is 14.5 Å². The standard InChI is InChI=1S/C18H22N2O5/c1-19(11-17(21)22)9-15-10-20(6-7-24-15)18(23)14-8-13-4-2-3-5-16(13)25-12-14/h2-5,8,15H,6-7,9-12H2,1H3,(H,21,22). The van der Waals surface area contributed by atoms with Gasteiger partial charge in [-0.05, 0) is 19.2 Å². The van der Waals surface area contributed by atoms with E-state index < -0.39 is 5.97 Å². The summed E-state index contributed by atoms with van der Waals surface area (Å²) in [5.41, 5.74) is 1.53. The zero-order valence-electron chi connectivity index (χ0n) is 14.2. The number of morpholine rings is 1. The maximum Gasteiger partial charge on any atom is 0.317 e. The summed E-state index contributed by atoms with van der Waals surface area (Å²) >= 11 is 0. The number of fused-ring (bicyclic) bond motifs is 1. The summed E-state index contributed by atoms with van der Waals surface area (Å²) in [6.45, 7) is 2.09. The Balaban J connectivity index is 1.63. The minimum Gasteiger partial charge on any atom is -0.488 e. The molecule has 0 radical (unpaired) electrons. The maximum atomic E-state index is 12.8. The molecule has 0 bridgehead atoms. The van der Waals surface area contributed by atoms with Crippen LogP contribution in [0.5, 0.6) is 5.75 Å². The summed E-state index contributed by atoms with van der Waals surface area (Å²) in [5, 5.41) is 8.84. The van der Waals surface area contributed by atoms with Crippen molar-refractivity contribution in [2.75, 3.05) is 46.4 Å². The number of nitrogens with zero attached hydrogens (tertiary/aromatic N) is 2. The van der Waals surface area contributed by atoms with Crippen molar-refractivity contribution in [3.05, 3.63) is 35.4 Å². The van der Waals surface area contributed by atoms with Gasteiger partial charge in [-0.25, -0.2) is 0 Å². The lowest BCUT2D eigenvalue weighted by Crippen LogP contribution is -2.50. The molecule has 1 aromatic carbocycles. The number of likely N-dealkylation sites (N-methyl/N-ethyl adjacent to an activating group) is 1. The Hall–Kier alpha value is -2.38. The van der Waals surface area contributed by atoms with Gasteiger partial charge in [0.1, 0.15) is 12.4 Å². The van der Waals surface area contributed by atoms with Gasteiger partial charge in [0.05, 0.1) is 24.8 Å². The molecule has 1 atom stereocenters. The number of para-hydroxylation sites is 1. The number of hydrogen-bond acceptors (Lipinski definition) is 5. The molecule has 1 fully saturated rings. The predicted molar refractivity (Wildman–Crippen MR) is 91.4 cm³/mol. The number of ether oxygens (including phenoxy) is 2. The summed E-state index contributed by atoms with van der Waals surface area (Å²) in [6, 6.07) is 7.62. The molecule has 3 rings (SSSR count). The average Bonchev–Trinajstić information content (AvgIpc) is 2.60. The molecule has 25 heavy (non-hydrogen) atoms. The number of benzene rings is 1. The normalized spacial score (nSPS) is 19.8. The zero-order valence-corrected chi connectivity index (χ0v) is 14.2. The monoisotopic (exact) mass is 346 g/mol. The Morgan fingerprint density at radius 1 is 1.36 bits per heavy atom. The second kappa shape index (κ2) is 7.67. The summed E-state index contributed by atoms with van der Waals surface area (Å²) in [6.07, 6.45) is 1.68. The molecule has 7 heteroatoms. The SMILES string of the molecule is CN(CC(=O)O)CC1CN(C(=O)C2=Cc3ccccc3OC2)CCO1. The molecule has 2 heterocycles. The van der Waals surface area contributed by atoms with E-state index in [0.29, 0.717) is 31.8 Å². The maximum absolute atomic E-state index is 12.8. The van der Waals surface area contributed by atoms with E-state index in [4.69, 9.17) is 14.6 Å². The van der Waals surface area contributed by atoms with Gasteiger partial charge < -0.3 is 19.5 Å². The van der Waals surface area contributed by atoms with Crippen LogP contribution in [-0.2, 0) is 14.3 Å². The lowest BCUT2D eigenvalue weighted by Gasteiger charge is -2.35. The third-order valence-corrected chi connectivity index (χ3v) is 4.25. The molecular weight excluding hydrogens is 324 g/mol. The number of aliphatic carboxylic acids is 1. The van der Waals surface area contributed by atoms with Gasteiger partial charge in [0.15, 0.2) is 0 Å². The second-order valence-electron chi connectivity index (χ2n) is 6.33. The highest BCUT2D eigenvalue weighted by Crippen LogP contribution is 2.26. The van der Waals surface area contributed by atoms with Crippen LogP contribution in [0.15, 0.2) is 29.8 Å². The van der Waals surface area contributed by atoms with Crippen molar-refractivity contribution in [3.8, 4) is 5.75 Å². The van der Waals surface area contributed by atoms with Gasteiger partial charge in [-0.2, -0.15) is 0 Å². The highest BCUT2D eigenvalue weighted by atomic mass is 16.5. The minimum atomic E-state index is -0.880. The second-order valence-corrected chi connectivity index (χ2v) is 6.33. The lowest BCUT2D eigenvalue weighted by atomic mass is 10.1. The van der Waals surface area contributed by atoms with E-state index in [9.17, 15) is 9.59 Å². The van der Waals surface area contributed by atoms with Crippen molar-refractivity contribution >= 4 is 18.0 Å². The molecule has 2 aliphatic heterocycles. The van der Waals surface area contributed by atoms with Gasteiger partial charge in [0.2, 0.25) is 0 Å². The van der Waals surface area contributed by atoms with E-state index in [0.717, 1.165) is 11.3 Å². The number of carbonyl (C=O) groups excluding carboxylic acids is 1. The first kappa shape index (κ1) is 17.4. The van der Waals surface area contributed by atoms with Gasteiger partial charge in [0.25, 0.3) is 5.91 Å². The molecule has 134 valence electrons. The Bertz CT molecular complexity index is 688. The number of rotatable bonds is 5. The van der Waals surface area contributed by atoms with E-state index in [1.165, 1.54) is 0 Å². The van der Waals surface area contributed by atoms with Crippen LogP contribution in [0.1, 0.15) is 5.56 Å². The van der Waals surface area contributed by atoms with Crippen LogP contribution in [0.3, 0.4) is 0 Å². The first-order valence-electron chi connectivity index (χ1n) is 8.26. The van der Waals surface area contributed by atoms with Crippen molar-refractivity contribution in [3.63, 3.8) is 0 Å². The lowest BCUT2D eigenvalue weighted by molar-refractivity contribution is -0.140. The third-order valence-electron chi connectivity index (χ3n) is 4.25. The average molecular weight is 346 g/mol. The Labute approximate surface area is 146 Å². The highest BCUT2D eigenvalue weighted by Gasteiger charge is 2.28. The van der Waals surface area contributed by atoms with E-state index in [1.807, 2.05) is 30.3 Å². The van der Waals surface area contributed by atoms with Crippen molar-refractivity contribution < 1.29 is 24.2 Å². The molecule has 0 aliphatic carbocycles. The molecule has 1 aromatic rings. The van der Waals surface area contributed by atoms with Crippen LogP contribution >= 0.6 is 0 Å². The van der Waals surface area contributed by atoms with Gasteiger partial charge in [0, 0.05) is 25.2 Å². The minimum absolute atomic E-state index is 0.0520. The van der Waals surface area contributed by atoms with Gasteiger partial charge in [-0.15, -0.1) is 0 Å². The number of hydrogen-bond donors (Lipinski definition) is 1. The van der Waals surface area contributed by atoms with Crippen LogP contribution in [0.2, 0.25) is 0 Å². The summed E-state index contributed by atoms with van der Waals surface area (Å²) in [7, 11) is 1.73. The topological polar surface area (TPSA) is 79.3 Å². The summed E-state index contributed by atoms with van der Waals surface area (Å²) < 4.78 is 11.3. The Morgan fingerprint density at radius 3 is 2.96 bits per heavy atom. The smallest absolute Gasteiger partial charge is 0.317 e. The molecule has 1 N–H and O–H groups in total. The van der Waals surface area contributed by atoms with E-state index in [1.54, 1.807) is 16.8 Å². The fourth-order valence-corrected chi connectivity index (χ4v) is 3.10. The Morgan fingerprint density at radius 2 is 2.16 bits per heavy atom. The molecule has 0 spiro atoms. The third kappa shape index (κ3) is 4.37. The summed E-state index contributed by atoms with van der Waals surface area (Å²) in [4.78, 5) is 27.0. The number of carbonyl (C=O) groups is 2.